The Morgan fingerprint density at radius 1 is 1.29 bits per heavy atom. The number of nitrogens with zero attached hydrogens (tertiary/aromatic N) is 3. The lowest BCUT2D eigenvalue weighted by Crippen LogP contribution is -2.48. The molecule has 9 heteroatoms. The molecule has 1 aromatic carbocycles. The van der Waals surface area contributed by atoms with E-state index in [9.17, 15) is 13.7 Å². The first-order chi connectivity index (χ1) is 15.0. The van der Waals surface area contributed by atoms with Crippen LogP contribution in [0.2, 0.25) is 0 Å². The highest BCUT2D eigenvalue weighted by Gasteiger charge is 2.39. The molecule has 31 heavy (non-hydrogen) atoms. The topological polar surface area (TPSA) is 78.4 Å². The summed E-state index contributed by atoms with van der Waals surface area (Å²) in [6.45, 7) is 1.48. The molecule has 3 aliphatic rings. The van der Waals surface area contributed by atoms with Crippen molar-refractivity contribution in [3.8, 4) is 0 Å². The predicted octanol–water partition coefficient (Wildman–Crippen LogP) is 3.38. The molecule has 0 spiro atoms. The molecule has 0 unspecified atom stereocenters. The summed E-state index contributed by atoms with van der Waals surface area (Å²) >= 11 is 1.70. The maximum Gasteiger partial charge on any atom is 0.227 e. The number of benzene rings is 1. The van der Waals surface area contributed by atoms with E-state index in [0.717, 1.165) is 48.0 Å². The number of hydrogen-bond acceptors (Lipinski definition) is 7. The van der Waals surface area contributed by atoms with Crippen LogP contribution in [0.15, 0.2) is 23.1 Å². The zero-order valence-electron chi connectivity index (χ0n) is 17.0. The molecule has 2 N–H and O–H groups in total. The summed E-state index contributed by atoms with van der Waals surface area (Å²) in [4.78, 5) is 13.7. The number of nitrogens with one attached hydrogen (secondary N) is 1. The fourth-order valence-corrected chi connectivity index (χ4v) is 7.39. The van der Waals surface area contributed by atoms with E-state index < -0.39 is 10.8 Å². The number of thiophene rings is 1. The van der Waals surface area contributed by atoms with Crippen molar-refractivity contribution in [1.82, 2.24) is 9.97 Å². The summed E-state index contributed by atoms with van der Waals surface area (Å²) in [5.74, 6) is 1.63. The van der Waals surface area contributed by atoms with E-state index in [1.807, 2.05) is 6.07 Å². The van der Waals surface area contributed by atoms with Gasteiger partial charge in [-0.05, 0) is 54.8 Å². The SMILES string of the molecule is O=[S@]1CCc2nc(N3CCc4c(sc5ccc(F)cc45)C3)nc(NC3(CO)CCC3)c21. The second-order valence-corrected chi connectivity index (χ2v) is 11.3. The normalized spacial score (nSPS) is 21.6. The van der Waals surface area contributed by atoms with Crippen LogP contribution in [0, 0.1) is 5.82 Å². The molecular weight excluding hydrogens is 435 g/mol. The average Bonchev–Trinajstić information content (AvgIpc) is 3.30. The smallest absolute Gasteiger partial charge is 0.227 e. The predicted molar refractivity (Wildman–Crippen MR) is 121 cm³/mol. The fourth-order valence-electron chi connectivity index (χ4n) is 4.83. The van der Waals surface area contributed by atoms with Crippen LogP contribution in [0.4, 0.5) is 16.2 Å². The second kappa shape index (κ2) is 7.21. The van der Waals surface area contributed by atoms with Gasteiger partial charge in [0, 0.05) is 28.3 Å². The van der Waals surface area contributed by atoms with Crippen molar-refractivity contribution in [1.29, 1.82) is 0 Å². The Bertz CT molecular complexity index is 1220. The molecule has 2 aromatic heterocycles. The van der Waals surface area contributed by atoms with E-state index in [-0.39, 0.29) is 18.0 Å². The lowest BCUT2D eigenvalue weighted by molar-refractivity contribution is 0.143. The van der Waals surface area contributed by atoms with Gasteiger partial charge in [-0.1, -0.05) is 0 Å². The van der Waals surface area contributed by atoms with Gasteiger partial charge in [-0.2, -0.15) is 4.98 Å². The number of aromatic nitrogens is 2. The molecule has 1 aliphatic carbocycles. The highest BCUT2D eigenvalue weighted by atomic mass is 32.2. The van der Waals surface area contributed by atoms with Crippen LogP contribution in [0.5, 0.6) is 0 Å². The quantitative estimate of drug-likeness (QED) is 0.624. The molecule has 1 saturated carbocycles. The molecule has 1 atom stereocenters. The van der Waals surface area contributed by atoms with Crippen molar-refractivity contribution in [2.75, 3.05) is 29.1 Å². The molecule has 0 radical (unpaired) electrons. The summed E-state index contributed by atoms with van der Waals surface area (Å²) in [7, 11) is -1.11. The Morgan fingerprint density at radius 3 is 2.94 bits per heavy atom. The van der Waals surface area contributed by atoms with Crippen LogP contribution in [0.25, 0.3) is 10.1 Å². The minimum absolute atomic E-state index is 0.0408. The first-order valence-electron chi connectivity index (χ1n) is 10.7. The van der Waals surface area contributed by atoms with Gasteiger partial charge in [0.15, 0.2) is 0 Å². The Kier molecular flexibility index (Phi) is 4.56. The fraction of sp³-hybridized carbons (Fsp3) is 0.455. The molecule has 4 heterocycles. The Labute approximate surface area is 186 Å². The number of aryl methyl sites for hydroxylation is 1. The maximum atomic E-state index is 13.8. The minimum atomic E-state index is -1.11. The van der Waals surface area contributed by atoms with Gasteiger partial charge in [0.2, 0.25) is 5.95 Å². The monoisotopic (exact) mass is 458 g/mol. The lowest BCUT2D eigenvalue weighted by atomic mass is 9.77. The molecule has 6 rings (SSSR count). The molecule has 3 aromatic rings. The van der Waals surface area contributed by atoms with Crippen LogP contribution in [-0.4, -0.2) is 43.7 Å². The van der Waals surface area contributed by atoms with Crippen molar-refractivity contribution < 1.29 is 13.7 Å². The summed E-state index contributed by atoms with van der Waals surface area (Å²) in [6, 6.07) is 5.01. The van der Waals surface area contributed by atoms with E-state index in [1.165, 1.54) is 16.5 Å². The molecule has 6 nitrogen and oxygen atoms in total. The third-order valence-corrected chi connectivity index (χ3v) is 9.42. The maximum absolute atomic E-state index is 13.8. The number of fused-ring (bicyclic) bond motifs is 4. The molecule has 0 saturated heterocycles. The van der Waals surface area contributed by atoms with E-state index in [4.69, 9.17) is 9.97 Å². The van der Waals surface area contributed by atoms with Gasteiger partial charge in [0.05, 0.1) is 35.2 Å². The number of rotatable bonds is 4. The lowest BCUT2D eigenvalue weighted by Gasteiger charge is -2.41. The van der Waals surface area contributed by atoms with Gasteiger partial charge in [0.1, 0.15) is 16.5 Å². The van der Waals surface area contributed by atoms with Crippen molar-refractivity contribution in [2.45, 2.75) is 49.1 Å². The number of aliphatic hydroxyl groups is 1. The molecule has 1 fully saturated rings. The largest absolute Gasteiger partial charge is 0.394 e. The third-order valence-electron chi connectivity index (χ3n) is 6.76. The van der Waals surface area contributed by atoms with Gasteiger partial charge in [-0.25, -0.2) is 9.37 Å². The first-order valence-corrected chi connectivity index (χ1v) is 12.8. The van der Waals surface area contributed by atoms with Gasteiger partial charge in [-0.15, -0.1) is 11.3 Å². The molecular formula is C22H23FN4O2S2. The highest BCUT2D eigenvalue weighted by Crippen LogP contribution is 2.40. The van der Waals surface area contributed by atoms with Crippen molar-refractivity contribution in [2.24, 2.45) is 0 Å². The Balaban J connectivity index is 1.37. The number of anilines is 2. The van der Waals surface area contributed by atoms with Gasteiger partial charge in [-0.3, -0.25) is 4.21 Å². The average molecular weight is 459 g/mol. The van der Waals surface area contributed by atoms with Crippen LogP contribution in [-0.2, 0) is 30.2 Å². The summed E-state index contributed by atoms with van der Waals surface area (Å²) in [6.07, 6.45) is 4.33. The van der Waals surface area contributed by atoms with Crippen LogP contribution in [0.1, 0.15) is 35.4 Å². The van der Waals surface area contributed by atoms with Crippen molar-refractivity contribution in [3.63, 3.8) is 0 Å². The first kappa shape index (κ1) is 19.6. The number of aliphatic hydroxyl groups excluding tert-OH is 1. The summed E-state index contributed by atoms with van der Waals surface area (Å²) in [5, 5.41) is 14.4. The van der Waals surface area contributed by atoms with Crippen molar-refractivity contribution in [3.05, 3.63) is 40.2 Å². The van der Waals surface area contributed by atoms with Crippen LogP contribution < -0.4 is 10.2 Å². The van der Waals surface area contributed by atoms with Crippen LogP contribution in [0.3, 0.4) is 0 Å². The second-order valence-electron chi connectivity index (χ2n) is 8.68. The molecule has 2 aliphatic heterocycles. The molecule has 0 amide bonds. The highest BCUT2D eigenvalue weighted by molar-refractivity contribution is 7.85. The van der Waals surface area contributed by atoms with Crippen LogP contribution >= 0.6 is 11.3 Å². The molecule has 162 valence electrons. The zero-order valence-corrected chi connectivity index (χ0v) is 18.6. The summed E-state index contributed by atoms with van der Waals surface area (Å²) in [5.41, 5.74) is 1.71. The Hall–Kier alpha value is -2.10. The van der Waals surface area contributed by atoms with E-state index in [2.05, 4.69) is 10.2 Å². The van der Waals surface area contributed by atoms with Gasteiger partial charge < -0.3 is 15.3 Å². The summed E-state index contributed by atoms with van der Waals surface area (Å²) < 4.78 is 27.5. The van der Waals surface area contributed by atoms with Crippen molar-refractivity contribution >= 4 is 44.0 Å². The van der Waals surface area contributed by atoms with E-state index >= 15 is 0 Å². The number of halogens is 1. The number of hydrogen-bond donors (Lipinski definition) is 2. The van der Waals surface area contributed by atoms with E-state index in [0.29, 0.717) is 35.4 Å². The Morgan fingerprint density at radius 2 is 2.16 bits per heavy atom. The standard InChI is InChI=1S/C22H23FN4O2S2/c23-13-2-3-17-15(10-13)14-4-8-27(11-18(14)30-17)21-24-16-5-9-31(29)19(16)20(25-21)26-22(12-28)6-1-7-22/h2-3,10,28H,1,4-9,11-12H2,(H,24,25,26)/t31-/m0/s1. The van der Waals surface area contributed by atoms with Gasteiger partial charge >= 0.3 is 0 Å². The zero-order chi connectivity index (χ0) is 21.2. The minimum Gasteiger partial charge on any atom is -0.394 e. The van der Waals surface area contributed by atoms with E-state index in [1.54, 1.807) is 17.4 Å². The molecule has 0 bridgehead atoms. The third kappa shape index (κ3) is 3.16. The van der Waals surface area contributed by atoms with Gasteiger partial charge in [0.25, 0.3) is 0 Å².